The molecule has 1 aliphatic heterocycles. The minimum Gasteiger partial charge on any atom is -0.394 e. The van der Waals surface area contributed by atoms with Gasteiger partial charge < -0.3 is 31.2 Å². The van der Waals surface area contributed by atoms with Gasteiger partial charge in [-0.25, -0.2) is 0 Å². The van der Waals surface area contributed by atoms with Crippen LogP contribution in [0.4, 0.5) is 0 Å². The van der Waals surface area contributed by atoms with Crippen molar-refractivity contribution < 1.29 is 19.7 Å². The van der Waals surface area contributed by atoms with E-state index in [0.29, 0.717) is 6.61 Å². The smallest absolute Gasteiger partial charge is 0.176 e. The molecule has 0 radical (unpaired) electrons. The summed E-state index contributed by atoms with van der Waals surface area (Å²) in [6, 6.07) is 8.11. The molecule has 6 nitrogen and oxygen atoms in total. The Hall–Kier alpha value is -1.02. The van der Waals surface area contributed by atoms with Crippen LogP contribution in [0.15, 0.2) is 30.3 Å². The van der Waals surface area contributed by atoms with Crippen molar-refractivity contribution in [3.05, 3.63) is 35.9 Å². The fourth-order valence-corrected chi connectivity index (χ4v) is 2.06. The lowest BCUT2D eigenvalue weighted by atomic mass is 9.96. The number of ether oxygens (including phenoxy) is 2. The summed E-state index contributed by atoms with van der Waals surface area (Å²) in [5, 5.41) is 19.1. The van der Waals surface area contributed by atoms with Crippen LogP contribution in [0.3, 0.4) is 0 Å². The Morgan fingerprint density at radius 2 is 1.84 bits per heavy atom. The SMILES string of the molecule is N[C@@H]1[C@@H](OCc2ccccc2)O[C@H](CO)[C@@H](N)[C@@H]1O. The molecule has 0 saturated carbocycles. The molecule has 0 aliphatic carbocycles. The number of benzene rings is 1. The van der Waals surface area contributed by atoms with Crippen LogP contribution in [-0.4, -0.2) is 47.4 Å². The molecule has 0 spiro atoms. The Morgan fingerprint density at radius 1 is 1.16 bits per heavy atom. The van der Waals surface area contributed by atoms with Gasteiger partial charge in [0.05, 0.1) is 31.4 Å². The lowest BCUT2D eigenvalue weighted by Crippen LogP contribution is -2.65. The van der Waals surface area contributed by atoms with Crippen molar-refractivity contribution in [3.8, 4) is 0 Å². The van der Waals surface area contributed by atoms with Crippen molar-refractivity contribution in [2.45, 2.75) is 37.2 Å². The maximum Gasteiger partial charge on any atom is 0.176 e. The molecule has 1 heterocycles. The predicted octanol–water partition coefficient (Wildman–Crippen LogP) is -1.06. The van der Waals surface area contributed by atoms with Crippen molar-refractivity contribution in [1.82, 2.24) is 0 Å². The Labute approximate surface area is 111 Å². The molecular weight excluding hydrogens is 248 g/mol. The molecule has 1 saturated heterocycles. The number of nitrogens with two attached hydrogens (primary N) is 2. The summed E-state index contributed by atoms with van der Waals surface area (Å²) in [6.07, 6.45) is -2.42. The maximum atomic E-state index is 9.89. The van der Waals surface area contributed by atoms with Gasteiger partial charge in [-0.2, -0.15) is 0 Å². The van der Waals surface area contributed by atoms with Crippen LogP contribution in [0.5, 0.6) is 0 Å². The fourth-order valence-electron chi connectivity index (χ4n) is 2.06. The van der Waals surface area contributed by atoms with E-state index in [1.807, 2.05) is 30.3 Å². The summed E-state index contributed by atoms with van der Waals surface area (Å²) in [5.41, 5.74) is 12.5. The average Bonchev–Trinajstić information content (AvgIpc) is 2.45. The van der Waals surface area contributed by atoms with E-state index >= 15 is 0 Å². The summed E-state index contributed by atoms with van der Waals surface area (Å²) >= 11 is 0. The molecule has 0 unspecified atom stereocenters. The highest BCUT2D eigenvalue weighted by Gasteiger charge is 2.41. The van der Waals surface area contributed by atoms with Gasteiger partial charge in [-0.05, 0) is 5.56 Å². The largest absolute Gasteiger partial charge is 0.394 e. The van der Waals surface area contributed by atoms with Crippen molar-refractivity contribution >= 4 is 0 Å². The highest BCUT2D eigenvalue weighted by Crippen LogP contribution is 2.20. The van der Waals surface area contributed by atoms with Gasteiger partial charge in [0.15, 0.2) is 6.29 Å². The molecule has 6 heteroatoms. The van der Waals surface area contributed by atoms with Crippen LogP contribution in [0.2, 0.25) is 0 Å². The molecule has 0 amide bonds. The van der Waals surface area contributed by atoms with Gasteiger partial charge in [-0.3, -0.25) is 0 Å². The molecule has 6 N–H and O–H groups in total. The topological polar surface area (TPSA) is 111 Å². The fraction of sp³-hybridized carbons (Fsp3) is 0.538. The molecule has 0 bridgehead atoms. The van der Waals surface area contributed by atoms with Gasteiger partial charge in [0.1, 0.15) is 6.10 Å². The quantitative estimate of drug-likeness (QED) is 0.554. The predicted molar refractivity (Wildman–Crippen MR) is 68.9 cm³/mol. The molecule has 1 aromatic rings. The molecule has 19 heavy (non-hydrogen) atoms. The number of hydrogen-bond donors (Lipinski definition) is 4. The van der Waals surface area contributed by atoms with Gasteiger partial charge in [0, 0.05) is 0 Å². The molecule has 106 valence electrons. The third-order valence-electron chi connectivity index (χ3n) is 3.28. The van der Waals surface area contributed by atoms with E-state index in [-0.39, 0.29) is 6.61 Å². The summed E-state index contributed by atoms with van der Waals surface area (Å²) in [6.45, 7) is 0.0372. The van der Waals surface area contributed by atoms with Crippen LogP contribution in [-0.2, 0) is 16.1 Å². The Balaban J connectivity index is 1.95. The van der Waals surface area contributed by atoms with Crippen LogP contribution in [0, 0.1) is 0 Å². The maximum absolute atomic E-state index is 9.89. The standard InChI is InChI=1S/C13H20N2O4/c14-10-9(6-16)19-13(11(15)12(10)17)18-7-8-4-2-1-3-5-8/h1-5,9-13,16-17H,6-7,14-15H2/t9-,10-,11+,12+,13+/m1/s1. The molecule has 1 aromatic carbocycles. The van der Waals surface area contributed by atoms with E-state index in [1.54, 1.807) is 0 Å². The van der Waals surface area contributed by atoms with E-state index in [1.165, 1.54) is 0 Å². The van der Waals surface area contributed by atoms with E-state index in [2.05, 4.69) is 0 Å². The zero-order valence-corrected chi connectivity index (χ0v) is 10.6. The first-order valence-electron chi connectivity index (χ1n) is 6.24. The van der Waals surface area contributed by atoms with Crippen molar-refractivity contribution in [2.75, 3.05) is 6.61 Å². The minimum atomic E-state index is -0.966. The van der Waals surface area contributed by atoms with Crippen LogP contribution < -0.4 is 11.5 Å². The molecule has 1 fully saturated rings. The van der Waals surface area contributed by atoms with Crippen LogP contribution in [0.25, 0.3) is 0 Å². The zero-order chi connectivity index (χ0) is 13.8. The highest BCUT2D eigenvalue weighted by atomic mass is 16.7. The normalized spacial score (nSPS) is 35.3. The summed E-state index contributed by atoms with van der Waals surface area (Å²) in [5.74, 6) is 0. The van der Waals surface area contributed by atoms with Gasteiger partial charge in [-0.15, -0.1) is 0 Å². The Morgan fingerprint density at radius 3 is 2.47 bits per heavy atom. The lowest BCUT2D eigenvalue weighted by molar-refractivity contribution is -0.242. The number of aliphatic hydroxyl groups excluding tert-OH is 2. The summed E-state index contributed by atoms with van der Waals surface area (Å²) in [4.78, 5) is 0. The monoisotopic (exact) mass is 268 g/mol. The van der Waals surface area contributed by atoms with E-state index < -0.39 is 30.6 Å². The Kier molecular flexibility index (Phi) is 4.87. The van der Waals surface area contributed by atoms with Crippen molar-refractivity contribution in [2.24, 2.45) is 11.5 Å². The van der Waals surface area contributed by atoms with Gasteiger partial charge in [0.2, 0.25) is 0 Å². The minimum absolute atomic E-state index is 0.282. The molecule has 5 atom stereocenters. The van der Waals surface area contributed by atoms with Crippen LogP contribution >= 0.6 is 0 Å². The van der Waals surface area contributed by atoms with E-state index in [0.717, 1.165) is 5.56 Å². The summed E-state index contributed by atoms with van der Waals surface area (Å²) < 4.78 is 11.0. The lowest BCUT2D eigenvalue weighted by Gasteiger charge is -2.41. The molecule has 2 rings (SSSR count). The van der Waals surface area contributed by atoms with E-state index in [4.69, 9.17) is 26.0 Å². The van der Waals surface area contributed by atoms with Gasteiger partial charge in [0.25, 0.3) is 0 Å². The third kappa shape index (κ3) is 3.30. The highest BCUT2D eigenvalue weighted by molar-refractivity contribution is 5.13. The Bertz CT molecular complexity index is 387. The van der Waals surface area contributed by atoms with Crippen molar-refractivity contribution in [3.63, 3.8) is 0 Å². The van der Waals surface area contributed by atoms with E-state index in [9.17, 15) is 5.11 Å². The molecular formula is C13H20N2O4. The second-order valence-corrected chi connectivity index (χ2v) is 4.67. The van der Waals surface area contributed by atoms with Crippen molar-refractivity contribution in [1.29, 1.82) is 0 Å². The third-order valence-corrected chi connectivity index (χ3v) is 3.28. The second kappa shape index (κ2) is 6.42. The molecule has 0 aromatic heterocycles. The first-order chi connectivity index (χ1) is 9.13. The first kappa shape index (κ1) is 14.4. The number of rotatable bonds is 4. The molecule has 1 aliphatic rings. The summed E-state index contributed by atoms with van der Waals surface area (Å²) in [7, 11) is 0. The van der Waals surface area contributed by atoms with Crippen LogP contribution in [0.1, 0.15) is 5.56 Å². The second-order valence-electron chi connectivity index (χ2n) is 4.67. The first-order valence-corrected chi connectivity index (χ1v) is 6.24. The number of hydrogen-bond acceptors (Lipinski definition) is 6. The zero-order valence-electron chi connectivity index (χ0n) is 10.6. The van der Waals surface area contributed by atoms with Gasteiger partial charge in [-0.1, -0.05) is 30.3 Å². The average molecular weight is 268 g/mol. The van der Waals surface area contributed by atoms with Gasteiger partial charge >= 0.3 is 0 Å². The number of aliphatic hydroxyl groups is 2.